The summed E-state index contributed by atoms with van der Waals surface area (Å²) in [6.07, 6.45) is 7.46. The highest BCUT2D eigenvalue weighted by atomic mass is 16.4. The number of aliphatic carboxylic acids is 1. The van der Waals surface area contributed by atoms with E-state index in [0.717, 1.165) is 12.8 Å². The standard InChI is InChI=1S/C15H24N2O3/c1-5-8-17(10-11-6-7-11)14(20)16-12(9-13(18)19)15(2,3)4/h1,11-12H,6-10H2,2-4H3,(H,16,20)(H,18,19). The van der Waals surface area contributed by atoms with Crippen molar-refractivity contribution in [1.82, 2.24) is 10.2 Å². The quantitative estimate of drug-likeness (QED) is 0.730. The molecule has 5 nitrogen and oxygen atoms in total. The van der Waals surface area contributed by atoms with Crippen LogP contribution in [0.2, 0.25) is 0 Å². The molecule has 5 heteroatoms. The molecule has 0 aromatic carbocycles. The van der Waals surface area contributed by atoms with E-state index in [0.29, 0.717) is 12.5 Å². The molecule has 2 amide bonds. The third-order valence-corrected chi connectivity index (χ3v) is 3.47. The smallest absolute Gasteiger partial charge is 0.318 e. The van der Waals surface area contributed by atoms with Crippen LogP contribution < -0.4 is 5.32 Å². The number of carbonyl (C=O) groups excluding carboxylic acids is 1. The Kier molecular flexibility index (Phi) is 5.43. The molecule has 0 aliphatic heterocycles. The normalized spacial score (nSPS) is 16.1. The number of carboxylic acids is 1. The van der Waals surface area contributed by atoms with Gasteiger partial charge in [0.25, 0.3) is 0 Å². The molecule has 2 N–H and O–H groups in total. The summed E-state index contributed by atoms with van der Waals surface area (Å²) in [5.74, 6) is 2.11. The van der Waals surface area contributed by atoms with E-state index >= 15 is 0 Å². The third-order valence-electron chi connectivity index (χ3n) is 3.47. The van der Waals surface area contributed by atoms with Crippen molar-refractivity contribution in [2.75, 3.05) is 13.1 Å². The van der Waals surface area contributed by atoms with Crippen LogP contribution in [-0.2, 0) is 4.79 Å². The van der Waals surface area contributed by atoms with Crippen molar-refractivity contribution in [3.8, 4) is 12.3 Å². The number of hydrogen-bond donors (Lipinski definition) is 2. The summed E-state index contributed by atoms with van der Waals surface area (Å²) in [6, 6.07) is -0.692. The molecular formula is C15H24N2O3. The van der Waals surface area contributed by atoms with Crippen LogP contribution in [0.15, 0.2) is 0 Å². The molecule has 112 valence electrons. The van der Waals surface area contributed by atoms with Crippen LogP contribution in [0.25, 0.3) is 0 Å². The fraction of sp³-hybridized carbons (Fsp3) is 0.733. The minimum Gasteiger partial charge on any atom is -0.481 e. The van der Waals surface area contributed by atoms with Crippen molar-refractivity contribution in [1.29, 1.82) is 0 Å². The first-order chi connectivity index (χ1) is 9.24. The van der Waals surface area contributed by atoms with Gasteiger partial charge in [-0.2, -0.15) is 0 Å². The maximum atomic E-state index is 12.3. The van der Waals surface area contributed by atoms with E-state index in [-0.39, 0.29) is 24.4 Å². The molecule has 1 atom stereocenters. The van der Waals surface area contributed by atoms with E-state index in [1.165, 1.54) is 0 Å². The number of rotatable bonds is 6. The van der Waals surface area contributed by atoms with Crippen LogP contribution in [0, 0.1) is 23.7 Å². The molecule has 1 rings (SSSR count). The minimum atomic E-state index is -0.920. The monoisotopic (exact) mass is 280 g/mol. The zero-order valence-corrected chi connectivity index (χ0v) is 12.5. The van der Waals surface area contributed by atoms with Gasteiger partial charge < -0.3 is 15.3 Å². The molecule has 1 fully saturated rings. The number of nitrogens with one attached hydrogen (secondary N) is 1. The first-order valence-corrected chi connectivity index (χ1v) is 6.94. The molecule has 0 aromatic heterocycles. The van der Waals surface area contributed by atoms with E-state index in [9.17, 15) is 9.59 Å². The van der Waals surface area contributed by atoms with Gasteiger partial charge in [0.05, 0.1) is 13.0 Å². The average molecular weight is 280 g/mol. The van der Waals surface area contributed by atoms with Crippen LogP contribution in [0.1, 0.15) is 40.0 Å². The number of terminal acetylenes is 1. The average Bonchev–Trinajstić information content (AvgIpc) is 3.09. The van der Waals surface area contributed by atoms with Gasteiger partial charge in [-0.25, -0.2) is 4.79 Å². The van der Waals surface area contributed by atoms with Crippen LogP contribution in [0.4, 0.5) is 4.79 Å². The van der Waals surface area contributed by atoms with Crippen molar-refractivity contribution in [2.24, 2.45) is 11.3 Å². The Hall–Kier alpha value is -1.70. The van der Waals surface area contributed by atoms with E-state index in [1.54, 1.807) is 4.90 Å². The van der Waals surface area contributed by atoms with Crippen molar-refractivity contribution >= 4 is 12.0 Å². The molecule has 1 aliphatic rings. The van der Waals surface area contributed by atoms with Gasteiger partial charge in [0.2, 0.25) is 0 Å². The molecule has 0 radical (unpaired) electrons. The van der Waals surface area contributed by atoms with Gasteiger partial charge in [-0.05, 0) is 24.2 Å². The summed E-state index contributed by atoms with van der Waals surface area (Å²) in [5.41, 5.74) is -0.324. The summed E-state index contributed by atoms with van der Waals surface area (Å²) < 4.78 is 0. The van der Waals surface area contributed by atoms with E-state index in [4.69, 9.17) is 11.5 Å². The lowest BCUT2D eigenvalue weighted by Crippen LogP contribution is -2.51. The molecule has 1 saturated carbocycles. The summed E-state index contributed by atoms with van der Waals surface area (Å²) in [5, 5.41) is 11.8. The van der Waals surface area contributed by atoms with Gasteiger partial charge in [-0.1, -0.05) is 26.7 Å². The molecule has 0 spiro atoms. The summed E-state index contributed by atoms with van der Waals surface area (Å²) in [6.45, 7) is 6.64. The molecule has 0 heterocycles. The highest BCUT2D eigenvalue weighted by Crippen LogP contribution is 2.30. The van der Waals surface area contributed by atoms with Gasteiger partial charge in [-0.3, -0.25) is 4.79 Å². The van der Waals surface area contributed by atoms with Crippen LogP contribution in [0.3, 0.4) is 0 Å². The Balaban J connectivity index is 2.66. The van der Waals surface area contributed by atoms with Crippen molar-refractivity contribution in [3.63, 3.8) is 0 Å². The maximum absolute atomic E-state index is 12.3. The molecule has 1 unspecified atom stereocenters. The topological polar surface area (TPSA) is 69.6 Å². The zero-order chi connectivity index (χ0) is 15.3. The Bertz CT molecular complexity index is 402. The number of hydrogen-bond acceptors (Lipinski definition) is 2. The van der Waals surface area contributed by atoms with Crippen LogP contribution in [0.5, 0.6) is 0 Å². The Labute approximate surface area is 120 Å². The molecule has 1 aliphatic carbocycles. The Morgan fingerprint density at radius 2 is 2.05 bits per heavy atom. The number of urea groups is 1. The predicted molar refractivity (Wildman–Crippen MR) is 77.2 cm³/mol. The lowest BCUT2D eigenvalue weighted by atomic mass is 9.85. The molecule has 20 heavy (non-hydrogen) atoms. The largest absolute Gasteiger partial charge is 0.481 e. The second kappa shape index (κ2) is 6.65. The fourth-order valence-corrected chi connectivity index (χ4v) is 1.93. The first kappa shape index (κ1) is 16.4. The highest BCUT2D eigenvalue weighted by Gasteiger charge is 2.31. The molecular weight excluding hydrogens is 256 g/mol. The van der Waals surface area contributed by atoms with Gasteiger partial charge in [0.15, 0.2) is 0 Å². The predicted octanol–water partition coefficient (Wildman–Crippen LogP) is 1.93. The number of nitrogens with zero attached hydrogens (tertiary/aromatic N) is 1. The van der Waals surface area contributed by atoms with Crippen LogP contribution in [-0.4, -0.2) is 41.1 Å². The summed E-state index contributed by atoms with van der Waals surface area (Å²) >= 11 is 0. The summed E-state index contributed by atoms with van der Waals surface area (Å²) in [7, 11) is 0. The van der Waals surface area contributed by atoms with Crippen LogP contribution >= 0.6 is 0 Å². The van der Waals surface area contributed by atoms with Gasteiger partial charge in [-0.15, -0.1) is 6.42 Å². The number of carbonyl (C=O) groups is 2. The van der Waals surface area contributed by atoms with Crippen molar-refractivity contribution in [3.05, 3.63) is 0 Å². The van der Waals surface area contributed by atoms with Gasteiger partial charge in [0, 0.05) is 12.6 Å². The van der Waals surface area contributed by atoms with Crippen molar-refractivity contribution < 1.29 is 14.7 Å². The zero-order valence-electron chi connectivity index (χ0n) is 12.5. The van der Waals surface area contributed by atoms with E-state index in [1.807, 2.05) is 20.8 Å². The lowest BCUT2D eigenvalue weighted by Gasteiger charge is -2.32. The molecule has 0 saturated heterocycles. The SMILES string of the molecule is C#CCN(CC1CC1)C(=O)NC(CC(=O)O)C(C)(C)C. The van der Waals surface area contributed by atoms with E-state index < -0.39 is 12.0 Å². The molecule has 0 aromatic rings. The van der Waals surface area contributed by atoms with Gasteiger partial charge in [0.1, 0.15) is 0 Å². The number of amides is 2. The first-order valence-electron chi connectivity index (χ1n) is 6.94. The van der Waals surface area contributed by atoms with Gasteiger partial charge >= 0.3 is 12.0 Å². The Morgan fingerprint density at radius 3 is 2.45 bits per heavy atom. The number of carboxylic acid groups (broad SMARTS) is 1. The van der Waals surface area contributed by atoms with E-state index in [2.05, 4.69) is 11.2 Å². The lowest BCUT2D eigenvalue weighted by molar-refractivity contribution is -0.138. The maximum Gasteiger partial charge on any atom is 0.318 e. The van der Waals surface area contributed by atoms with Crippen molar-refractivity contribution in [2.45, 2.75) is 46.1 Å². The molecule has 0 bridgehead atoms. The highest BCUT2D eigenvalue weighted by molar-refractivity contribution is 5.76. The third kappa shape index (κ3) is 5.52. The summed E-state index contributed by atoms with van der Waals surface area (Å²) in [4.78, 5) is 24.8. The second-order valence-electron chi connectivity index (χ2n) is 6.49. The second-order valence-corrected chi connectivity index (χ2v) is 6.49. The fourth-order valence-electron chi connectivity index (χ4n) is 1.93. The Morgan fingerprint density at radius 1 is 1.45 bits per heavy atom. The minimum absolute atomic E-state index is 0.0947.